The van der Waals surface area contributed by atoms with Crippen molar-refractivity contribution in [3.05, 3.63) is 53.2 Å². The lowest BCUT2D eigenvalue weighted by molar-refractivity contribution is -0.121. The Morgan fingerprint density at radius 1 is 1.24 bits per heavy atom. The van der Waals surface area contributed by atoms with Crippen molar-refractivity contribution in [2.45, 2.75) is 0 Å². The quantitative estimate of drug-likeness (QED) is 0.787. The summed E-state index contributed by atoms with van der Waals surface area (Å²) in [4.78, 5) is 23.1. The summed E-state index contributed by atoms with van der Waals surface area (Å²) in [6, 6.07) is 9.09. The van der Waals surface area contributed by atoms with E-state index in [0.29, 0.717) is 27.3 Å². The van der Waals surface area contributed by atoms with Crippen molar-refractivity contribution in [1.29, 1.82) is 0 Å². The molecule has 0 radical (unpaired) electrons. The number of hydrogen-bond donors (Lipinski definition) is 0. The number of aromatic nitrogens is 1. The summed E-state index contributed by atoms with van der Waals surface area (Å²) in [5.41, 5.74) is 1.47. The van der Waals surface area contributed by atoms with Gasteiger partial charge in [-0.3, -0.25) is 14.7 Å². The molecule has 0 saturated carbocycles. The molecule has 128 valence electrons. The zero-order valence-corrected chi connectivity index (χ0v) is 14.9. The van der Waals surface area contributed by atoms with Gasteiger partial charge in [0.25, 0.3) is 5.91 Å². The van der Waals surface area contributed by atoms with Crippen LogP contribution in [0.1, 0.15) is 5.56 Å². The number of rotatable bonds is 4. The van der Waals surface area contributed by atoms with Crippen molar-refractivity contribution in [2.24, 2.45) is 4.99 Å². The summed E-state index contributed by atoms with van der Waals surface area (Å²) in [5, 5.41) is 0.603. The van der Waals surface area contributed by atoms with Gasteiger partial charge in [0.05, 0.1) is 31.0 Å². The van der Waals surface area contributed by atoms with Crippen LogP contribution in [0.25, 0.3) is 6.08 Å². The van der Waals surface area contributed by atoms with Gasteiger partial charge in [-0.05, 0) is 48.2 Å². The highest BCUT2D eigenvalue weighted by molar-refractivity contribution is 8.18. The molecule has 0 bridgehead atoms. The highest BCUT2D eigenvalue weighted by atomic mass is 32.2. The Balaban J connectivity index is 1.95. The average Bonchev–Trinajstić information content (AvgIpc) is 2.90. The maximum atomic E-state index is 12.5. The average molecular weight is 355 g/mol. The number of nitrogens with zero attached hydrogens (tertiary/aromatic N) is 3. The topological polar surface area (TPSA) is 64.0 Å². The van der Waals surface area contributed by atoms with E-state index in [-0.39, 0.29) is 5.91 Å². The van der Waals surface area contributed by atoms with Gasteiger partial charge < -0.3 is 9.47 Å². The first kappa shape index (κ1) is 17.0. The lowest BCUT2D eigenvalue weighted by Gasteiger charge is -2.08. The molecule has 0 aliphatic carbocycles. The predicted octanol–water partition coefficient (Wildman–Crippen LogP) is 3.33. The van der Waals surface area contributed by atoms with Crippen LogP contribution >= 0.6 is 11.8 Å². The van der Waals surface area contributed by atoms with E-state index in [2.05, 4.69) is 9.98 Å². The number of amides is 1. The SMILES string of the molecule is COc1ccc(OC)c(/C=C2\SC(=Nc3cccnc3)N(C)C2=O)c1. The molecule has 1 aromatic carbocycles. The molecule has 3 rings (SSSR count). The number of carbonyl (C=O) groups excluding carboxylic acids is 1. The minimum Gasteiger partial charge on any atom is -0.497 e. The van der Waals surface area contributed by atoms with Gasteiger partial charge in [-0.2, -0.15) is 0 Å². The molecule has 2 aromatic rings. The van der Waals surface area contributed by atoms with E-state index >= 15 is 0 Å². The van der Waals surface area contributed by atoms with E-state index in [1.807, 2.05) is 24.3 Å². The zero-order chi connectivity index (χ0) is 17.8. The molecule has 0 N–H and O–H groups in total. The van der Waals surface area contributed by atoms with Crippen molar-refractivity contribution in [1.82, 2.24) is 9.88 Å². The van der Waals surface area contributed by atoms with Crippen LogP contribution < -0.4 is 9.47 Å². The first-order valence-electron chi connectivity index (χ1n) is 7.50. The number of benzene rings is 1. The minimum absolute atomic E-state index is 0.113. The number of hydrogen-bond acceptors (Lipinski definition) is 6. The standard InChI is InChI=1S/C18H17N3O3S/c1-21-17(22)16(25-18(21)20-13-5-4-8-19-11-13)10-12-9-14(23-2)6-7-15(12)24-3/h4-11H,1-3H3/b16-10-,20-18?. The summed E-state index contributed by atoms with van der Waals surface area (Å²) >= 11 is 1.31. The van der Waals surface area contributed by atoms with Crippen LogP contribution in [-0.4, -0.2) is 42.2 Å². The van der Waals surface area contributed by atoms with Crippen LogP contribution in [0.5, 0.6) is 11.5 Å². The van der Waals surface area contributed by atoms with Crippen LogP contribution in [0.2, 0.25) is 0 Å². The van der Waals surface area contributed by atoms with Crippen LogP contribution in [0, 0.1) is 0 Å². The number of amidine groups is 1. The first-order valence-corrected chi connectivity index (χ1v) is 8.32. The van der Waals surface area contributed by atoms with Crippen molar-refractivity contribution in [2.75, 3.05) is 21.3 Å². The monoisotopic (exact) mass is 355 g/mol. The van der Waals surface area contributed by atoms with Crippen molar-refractivity contribution in [3.8, 4) is 11.5 Å². The summed E-state index contributed by atoms with van der Waals surface area (Å²) < 4.78 is 10.6. The molecule has 0 unspecified atom stereocenters. The largest absolute Gasteiger partial charge is 0.497 e. The Kier molecular flexibility index (Phi) is 5.04. The fraction of sp³-hybridized carbons (Fsp3) is 0.167. The second-order valence-electron chi connectivity index (χ2n) is 5.19. The number of likely N-dealkylation sites (N-methyl/N-ethyl adjacent to an activating group) is 1. The molecular weight excluding hydrogens is 338 g/mol. The molecule has 1 aromatic heterocycles. The molecule has 1 amide bonds. The number of aliphatic imine (C=N–C) groups is 1. The van der Waals surface area contributed by atoms with E-state index in [0.717, 1.165) is 5.56 Å². The van der Waals surface area contributed by atoms with E-state index in [9.17, 15) is 4.79 Å². The highest BCUT2D eigenvalue weighted by Gasteiger charge is 2.30. The van der Waals surface area contributed by atoms with Gasteiger partial charge in [-0.15, -0.1) is 0 Å². The van der Waals surface area contributed by atoms with Gasteiger partial charge in [0.15, 0.2) is 5.17 Å². The van der Waals surface area contributed by atoms with E-state index in [1.165, 1.54) is 16.7 Å². The Morgan fingerprint density at radius 3 is 2.76 bits per heavy atom. The number of pyridine rings is 1. The fourth-order valence-corrected chi connectivity index (χ4v) is 3.25. The van der Waals surface area contributed by atoms with Crippen LogP contribution in [0.15, 0.2) is 52.6 Å². The molecule has 1 saturated heterocycles. The maximum Gasteiger partial charge on any atom is 0.266 e. The molecule has 0 spiro atoms. The Hall–Kier alpha value is -2.80. The number of methoxy groups -OCH3 is 2. The predicted molar refractivity (Wildman–Crippen MR) is 99.2 cm³/mol. The van der Waals surface area contributed by atoms with Crippen molar-refractivity contribution >= 4 is 34.6 Å². The summed E-state index contributed by atoms with van der Waals surface area (Å²) in [6.07, 6.45) is 5.12. The lowest BCUT2D eigenvalue weighted by Crippen LogP contribution is -2.23. The van der Waals surface area contributed by atoms with E-state index in [1.54, 1.807) is 45.8 Å². The first-order chi connectivity index (χ1) is 12.1. The van der Waals surface area contributed by atoms with Gasteiger partial charge in [0.1, 0.15) is 11.5 Å². The van der Waals surface area contributed by atoms with E-state index in [4.69, 9.17) is 9.47 Å². The third-order valence-corrected chi connectivity index (χ3v) is 4.66. The minimum atomic E-state index is -0.113. The van der Waals surface area contributed by atoms with Gasteiger partial charge in [0, 0.05) is 18.8 Å². The van der Waals surface area contributed by atoms with E-state index < -0.39 is 0 Å². The lowest BCUT2D eigenvalue weighted by atomic mass is 10.1. The summed E-state index contributed by atoms with van der Waals surface area (Å²) in [7, 11) is 4.89. The highest BCUT2D eigenvalue weighted by Crippen LogP contribution is 2.35. The molecular formula is C18H17N3O3S. The molecule has 25 heavy (non-hydrogen) atoms. The van der Waals surface area contributed by atoms with Gasteiger partial charge >= 0.3 is 0 Å². The number of carbonyl (C=O) groups is 1. The van der Waals surface area contributed by atoms with Gasteiger partial charge in [-0.1, -0.05) is 0 Å². The summed E-state index contributed by atoms with van der Waals surface area (Å²) in [5.74, 6) is 1.25. The van der Waals surface area contributed by atoms with Crippen LogP contribution in [-0.2, 0) is 4.79 Å². The van der Waals surface area contributed by atoms with Crippen molar-refractivity contribution in [3.63, 3.8) is 0 Å². The van der Waals surface area contributed by atoms with Gasteiger partial charge in [0.2, 0.25) is 0 Å². The third kappa shape index (κ3) is 3.66. The Bertz CT molecular complexity index is 850. The molecule has 7 heteroatoms. The second kappa shape index (κ2) is 7.40. The smallest absolute Gasteiger partial charge is 0.266 e. The zero-order valence-electron chi connectivity index (χ0n) is 14.1. The van der Waals surface area contributed by atoms with Gasteiger partial charge in [-0.25, -0.2) is 4.99 Å². The normalized spacial score (nSPS) is 17.4. The van der Waals surface area contributed by atoms with Crippen LogP contribution in [0.4, 0.5) is 5.69 Å². The molecule has 0 atom stereocenters. The second-order valence-corrected chi connectivity index (χ2v) is 6.20. The Labute approximate surface area is 150 Å². The summed E-state index contributed by atoms with van der Waals surface area (Å²) in [6.45, 7) is 0. The molecule has 2 heterocycles. The maximum absolute atomic E-state index is 12.5. The molecule has 6 nitrogen and oxygen atoms in total. The molecule has 1 fully saturated rings. The van der Waals surface area contributed by atoms with Crippen LogP contribution in [0.3, 0.4) is 0 Å². The number of thioether (sulfide) groups is 1. The number of ether oxygens (including phenoxy) is 2. The Morgan fingerprint density at radius 2 is 2.08 bits per heavy atom. The third-order valence-electron chi connectivity index (χ3n) is 3.60. The molecule has 1 aliphatic rings. The van der Waals surface area contributed by atoms with Crippen molar-refractivity contribution < 1.29 is 14.3 Å². The fourth-order valence-electron chi connectivity index (χ4n) is 2.28. The molecule has 1 aliphatic heterocycles.